The van der Waals surface area contributed by atoms with Gasteiger partial charge < -0.3 is 24.3 Å². The number of ether oxygens (including phenoxy) is 4. The van der Waals surface area contributed by atoms with Crippen molar-refractivity contribution in [3.8, 4) is 22.8 Å². The van der Waals surface area contributed by atoms with Gasteiger partial charge in [0.2, 0.25) is 5.95 Å². The van der Waals surface area contributed by atoms with Crippen molar-refractivity contribution in [3.63, 3.8) is 0 Å². The summed E-state index contributed by atoms with van der Waals surface area (Å²) in [7, 11) is 1.70. The number of nitrogens with zero attached hydrogens (tertiary/aromatic N) is 9. The molecule has 4 atom stereocenters. The Balaban J connectivity index is 1.02. The number of benzene rings is 1. The van der Waals surface area contributed by atoms with Crippen LogP contribution < -0.4 is 14.8 Å². The molecule has 262 valence electrons. The van der Waals surface area contributed by atoms with Crippen molar-refractivity contribution in [2.24, 2.45) is 5.92 Å². The summed E-state index contributed by atoms with van der Waals surface area (Å²) in [5, 5.41) is 20.1. The second kappa shape index (κ2) is 15.4. The predicted octanol–water partition coefficient (Wildman–Crippen LogP) is 5.20. The van der Waals surface area contributed by atoms with Crippen LogP contribution in [0.5, 0.6) is 11.6 Å². The summed E-state index contributed by atoms with van der Waals surface area (Å²) in [5.74, 6) is 1.77. The molecule has 49 heavy (non-hydrogen) atoms. The molecule has 2 bridgehead atoms. The van der Waals surface area contributed by atoms with Crippen molar-refractivity contribution in [1.82, 2.24) is 44.9 Å². The molecular weight excluding hydrogens is 648 g/mol. The molecule has 1 aromatic carbocycles. The van der Waals surface area contributed by atoms with Gasteiger partial charge in [0.25, 0.3) is 5.88 Å². The molecule has 2 saturated heterocycles. The Morgan fingerprint density at radius 3 is 2.41 bits per heavy atom. The number of tetrazole rings is 1. The summed E-state index contributed by atoms with van der Waals surface area (Å²) < 4.78 is 27.2. The minimum Gasteiger partial charge on any atom is -0.487 e. The summed E-state index contributed by atoms with van der Waals surface area (Å²) in [6.45, 7) is 7.38. The van der Waals surface area contributed by atoms with Gasteiger partial charge >= 0.3 is 0 Å². The maximum atomic E-state index is 6.47. The first-order valence-electron chi connectivity index (χ1n) is 17.3. The lowest BCUT2D eigenvalue weighted by atomic mass is 9.89. The van der Waals surface area contributed by atoms with E-state index in [0.29, 0.717) is 66.5 Å². The number of fused-ring (bicyclic) bond motifs is 2. The van der Waals surface area contributed by atoms with Crippen LogP contribution in [0, 0.1) is 5.92 Å². The number of nitrogens with one attached hydrogen (secondary N) is 1. The summed E-state index contributed by atoms with van der Waals surface area (Å²) in [6.07, 6.45) is 14.0. The van der Waals surface area contributed by atoms with Crippen LogP contribution in [-0.4, -0.2) is 103 Å². The molecule has 2 aliphatic heterocycles. The molecule has 0 amide bonds. The van der Waals surface area contributed by atoms with Gasteiger partial charge in [0.1, 0.15) is 23.9 Å². The van der Waals surface area contributed by atoms with Crippen LogP contribution in [0.3, 0.4) is 0 Å². The van der Waals surface area contributed by atoms with Crippen molar-refractivity contribution < 1.29 is 18.9 Å². The van der Waals surface area contributed by atoms with Gasteiger partial charge in [0.15, 0.2) is 0 Å². The average molecular weight is 693 g/mol. The maximum Gasteiger partial charge on any atom is 0.256 e. The van der Waals surface area contributed by atoms with Crippen LogP contribution in [0.2, 0.25) is 5.02 Å². The molecule has 1 N–H and O–H groups in total. The first kappa shape index (κ1) is 33.6. The number of hydrogen-bond donors (Lipinski definition) is 1. The number of anilines is 2. The molecule has 3 aliphatic rings. The Morgan fingerprint density at radius 2 is 1.69 bits per heavy atom. The number of halogens is 1. The molecule has 14 nitrogen and oxygen atoms in total. The highest BCUT2D eigenvalue weighted by Crippen LogP contribution is 2.40. The quantitative estimate of drug-likeness (QED) is 0.186. The van der Waals surface area contributed by atoms with Gasteiger partial charge in [0.05, 0.1) is 50.2 Å². The third kappa shape index (κ3) is 7.98. The monoisotopic (exact) mass is 692 g/mol. The molecule has 3 fully saturated rings. The van der Waals surface area contributed by atoms with E-state index in [4.69, 9.17) is 35.6 Å². The summed E-state index contributed by atoms with van der Waals surface area (Å²) >= 11 is 6.47. The smallest absolute Gasteiger partial charge is 0.256 e. The molecule has 0 radical (unpaired) electrons. The summed E-state index contributed by atoms with van der Waals surface area (Å²) in [5.41, 5.74) is 2.45. The maximum absolute atomic E-state index is 6.47. The zero-order chi connectivity index (χ0) is 33.7. The van der Waals surface area contributed by atoms with Gasteiger partial charge in [-0.1, -0.05) is 24.6 Å². The van der Waals surface area contributed by atoms with E-state index in [9.17, 15) is 0 Å². The molecule has 4 aromatic rings. The predicted molar refractivity (Wildman–Crippen MR) is 183 cm³/mol. The fourth-order valence-corrected chi connectivity index (χ4v) is 7.56. The lowest BCUT2D eigenvalue weighted by Crippen LogP contribution is -2.52. The SMILES string of the molecule is COC[C@H](C)COc1nn(C2CCC(N3[C@@H]4CC[C@H]3COC4)CC2)cc1Nc1ncc(-c2ccc(Cl)c(O[C@@H](C)Cn3cnnn3)c2)cn1. The number of rotatable bonds is 14. The second-order valence-electron chi connectivity index (χ2n) is 13.6. The molecule has 0 unspecified atom stereocenters. The Labute approximate surface area is 291 Å². The molecule has 5 heterocycles. The summed E-state index contributed by atoms with van der Waals surface area (Å²) in [4.78, 5) is 12.0. The molecule has 7 rings (SSSR count). The average Bonchev–Trinajstić information content (AvgIpc) is 3.83. The van der Waals surface area contributed by atoms with E-state index in [-0.39, 0.29) is 12.0 Å². The molecular formula is C34H45ClN10O4. The van der Waals surface area contributed by atoms with Crippen LogP contribution in [0.4, 0.5) is 11.6 Å². The van der Waals surface area contributed by atoms with Crippen molar-refractivity contribution in [1.29, 1.82) is 0 Å². The number of morpholine rings is 1. The minimum atomic E-state index is -0.205. The van der Waals surface area contributed by atoms with E-state index < -0.39 is 0 Å². The van der Waals surface area contributed by atoms with E-state index in [1.54, 1.807) is 30.5 Å². The summed E-state index contributed by atoms with van der Waals surface area (Å²) in [6, 6.07) is 7.74. The van der Waals surface area contributed by atoms with Gasteiger partial charge in [0, 0.05) is 49.1 Å². The second-order valence-corrected chi connectivity index (χ2v) is 14.0. The first-order valence-corrected chi connectivity index (χ1v) is 17.6. The Bertz CT molecular complexity index is 1630. The number of methoxy groups -OCH3 is 1. The fourth-order valence-electron chi connectivity index (χ4n) is 7.40. The highest BCUT2D eigenvalue weighted by Gasteiger charge is 2.42. The van der Waals surface area contributed by atoms with Gasteiger partial charge in [-0.25, -0.2) is 14.6 Å². The van der Waals surface area contributed by atoms with Crippen molar-refractivity contribution in [2.75, 3.05) is 38.9 Å². The van der Waals surface area contributed by atoms with Gasteiger partial charge in [-0.05, 0) is 73.6 Å². The molecule has 0 spiro atoms. The van der Waals surface area contributed by atoms with Gasteiger partial charge in [-0.2, -0.15) is 0 Å². The third-order valence-electron chi connectivity index (χ3n) is 9.74. The van der Waals surface area contributed by atoms with Crippen molar-refractivity contribution in [2.45, 2.75) is 89.2 Å². The topological polar surface area (TPSA) is 139 Å². The Hall–Kier alpha value is -3.85. The number of aromatic nitrogens is 8. The van der Waals surface area contributed by atoms with E-state index in [0.717, 1.165) is 42.9 Å². The fraction of sp³-hybridized carbons (Fsp3) is 0.588. The third-order valence-corrected chi connectivity index (χ3v) is 10.1. The highest BCUT2D eigenvalue weighted by molar-refractivity contribution is 6.32. The van der Waals surface area contributed by atoms with Gasteiger partial charge in [-0.3, -0.25) is 9.58 Å². The number of hydrogen-bond acceptors (Lipinski definition) is 12. The normalized spacial score (nSPS) is 23.7. The molecule has 1 saturated carbocycles. The van der Waals surface area contributed by atoms with Crippen molar-refractivity contribution >= 4 is 23.2 Å². The standard InChI is InChI=1S/C34H45ClN10O4/c1-22(17-46-3)18-48-33-31(16-44(40-33)26-5-7-27(8-6-26)45-28-9-10-29(45)20-47-19-28)39-34-36-13-25(14-37-34)24-4-11-30(35)32(12-24)49-23(2)15-43-21-38-41-42-43/h4,11-14,16,21-23,26-29H,5-10,15,17-20H2,1-3H3,(H,36,37,39)/t22-,23-,26?,27?,28-,29+/m0/s1. The van der Waals surface area contributed by atoms with Crippen LogP contribution in [0.15, 0.2) is 43.1 Å². The van der Waals surface area contributed by atoms with Crippen LogP contribution >= 0.6 is 11.6 Å². The van der Waals surface area contributed by atoms with Crippen LogP contribution in [-0.2, 0) is 16.0 Å². The van der Waals surface area contributed by atoms with Crippen LogP contribution in [0.25, 0.3) is 11.1 Å². The Morgan fingerprint density at radius 1 is 0.959 bits per heavy atom. The zero-order valence-corrected chi connectivity index (χ0v) is 29.1. The zero-order valence-electron chi connectivity index (χ0n) is 28.3. The van der Waals surface area contributed by atoms with Crippen molar-refractivity contribution in [3.05, 3.63) is 48.1 Å². The minimum absolute atomic E-state index is 0.205. The molecule has 15 heteroatoms. The lowest BCUT2D eigenvalue weighted by Gasteiger charge is -2.43. The highest BCUT2D eigenvalue weighted by atomic mass is 35.5. The van der Waals surface area contributed by atoms with E-state index >= 15 is 0 Å². The molecule has 3 aromatic heterocycles. The molecule has 1 aliphatic carbocycles. The van der Waals surface area contributed by atoms with E-state index in [1.807, 2.05) is 31.3 Å². The van der Waals surface area contributed by atoms with E-state index in [2.05, 4.69) is 47.3 Å². The first-order chi connectivity index (χ1) is 23.9. The largest absolute Gasteiger partial charge is 0.487 e. The lowest BCUT2D eigenvalue weighted by molar-refractivity contribution is -0.0458. The van der Waals surface area contributed by atoms with Gasteiger partial charge in [-0.15, -0.1) is 10.2 Å². The Kier molecular flexibility index (Phi) is 10.5. The van der Waals surface area contributed by atoms with E-state index in [1.165, 1.54) is 25.7 Å². The van der Waals surface area contributed by atoms with Crippen LogP contribution in [0.1, 0.15) is 58.4 Å².